The molecule has 1 heterocycles. The van der Waals surface area contributed by atoms with Crippen molar-refractivity contribution in [1.29, 1.82) is 0 Å². The standard InChI is InChI=1S/C14H16N2O/c1-12-9-11-16(14(17)15-12)10-5-8-13-6-3-2-4-7-13/h2-4,6-7,9,11H,1,5,8,10H2,(H,15,17). The lowest BCUT2D eigenvalue weighted by atomic mass is 10.1. The zero-order chi connectivity index (χ0) is 12.1. The molecule has 0 radical (unpaired) electrons. The molecule has 1 aromatic rings. The van der Waals surface area contributed by atoms with Gasteiger partial charge in [0.1, 0.15) is 0 Å². The fourth-order valence-electron chi connectivity index (χ4n) is 1.77. The van der Waals surface area contributed by atoms with Crippen LogP contribution in [0.1, 0.15) is 12.0 Å². The Kier molecular flexibility index (Phi) is 3.60. The molecule has 0 atom stereocenters. The number of aryl methyl sites for hydroxylation is 1. The van der Waals surface area contributed by atoms with E-state index < -0.39 is 0 Å². The molecule has 1 N–H and O–H groups in total. The smallest absolute Gasteiger partial charge is 0.308 e. The van der Waals surface area contributed by atoms with Gasteiger partial charge >= 0.3 is 6.03 Å². The summed E-state index contributed by atoms with van der Waals surface area (Å²) in [5.41, 5.74) is 1.95. The van der Waals surface area contributed by atoms with Gasteiger partial charge in [-0.3, -0.25) is 0 Å². The molecule has 0 bridgehead atoms. The van der Waals surface area contributed by atoms with E-state index in [-0.39, 0.29) is 6.03 Å². The maximum atomic E-state index is 11.5. The Morgan fingerprint density at radius 1 is 1.24 bits per heavy atom. The Balaban J connectivity index is 1.81. The van der Waals surface area contributed by atoms with Crippen molar-refractivity contribution in [2.75, 3.05) is 6.54 Å². The summed E-state index contributed by atoms with van der Waals surface area (Å²) >= 11 is 0. The minimum Gasteiger partial charge on any atom is -0.308 e. The van der Waals surface area contributed by atoms with E-state index in [1.165, 1.54) is 5.56 Å². The van der Waals surface area contributed by atoms with Crippen molar-refractivity contribution in [1.82, 2.24) is 10.2 Å². The molecule has 17 heavy (non-hydrogen) atoms. The van der Waals surface area contributed by atoms with E-state index in [2.05, 4.69) is 24.0 Å². The van der Waals surface area contributed by atoms with Gasteiger partial charge in [-0.15, -0.1) is 0 Å². The van der Waals surface area contributed by atoms with Crippen LogP contribution in [-0.2, 0) is 6.42 Å². The van der Waals surface area contributed by atoms with E-state index in [0.717, 1.165) is 19.4 Å². The minimum atomic E-state index is -0.0921. The second-order valence-electron chi connectivity index (χ2n) is 4.05. The number of carbonyl (C=O) groups is 1. The highest BCUT2D eigenvalue weighted by Crippen LogP contribution is 2.07. The van der Waals surface area contributed by atoms with Crippen molar-refractivity contribution in [2.45, 2.75) is 12.8 Å². The number of nitrogens with zero attached hydrogens (tertiary/aromatic N) is 1. The molecule has 2 amide bonds. The van der Waals surface area contributed by atoms with Gasteiger partial charge in [0.15, 0.2) is 0 Å². The number of benzene rings is 1. The third-order valence-electron chi connectivity index (χ3n) is 2.69. The first-order valence-corrected chi connectivity index (χ1v) is 5.74. The summed E-state index contributed by atoms with van der Waals surface area (Å²) in [5, 5.41) is 2.68. The molecule has 3 heteroatoms. The summed E-state index contributed by atoms with van der Waals surface area (Å²) in [5.74, 6) is 0. The normalized spacial score (nSPS) is 14.9. The van der Waals surface area contributed by atoms with Crippen molar-refractivity contribution in [3.05, 3.63) is 60.4 Å². The molecule has 0 fully saturated rings. The van der Waals surface area contributed by atoms with Gasteiger partial charge < -0.3 is 10.2 Å². The Bertz CT molecular complexity index is 437. The molecular formula is C14H16N2O. The van der Waals surface area contributed by atoms with Crippen molar-refractivity contribution >= 4 is 6.03 Å². The number of hydrogen-bond donors (Lipinski definition) is 1. The van der Waals surface area contributed by atoms with Crippen molar-refractivity contribution in [2.24, 2.45) is 0 Å². The lowest BCUT2D eigenvalue weighted by molar-refractivity contribution is 0.216. The van der Waals surface area contributed by atoms with Crippen LogP contribution in [0.4, 0.5) is 4.79 Å². The predicted molar refractivity (Wildman–Crippen MR) is 68.3 cm³/mol. The highest BCUT2D eigenvalue weighted by Gasteiger charge is 2.14. The summed E-state index contributed by atoms with van der Waals surface area (Å²) in [6.07, 6.45) is 5.53. The fourth-order valence-corrected chi connectivity index (χ4v) is 1.77. The first-order valence-electron chi connectivity index (χ1n) is 5.74. The van der Waals surface area contributed by atoms with Crippen LogP contribution >= 0.6 is 0 Å². The van der Waals surface area contributed by atoms with Crippen LogP contribution < -0.4 is 5.32 Å². The molecule has 0 unspecified atom stereocenters. The van der Waals surface area contributed by atoms with Crippen LogP contribution in [0.2, 0.25) is 0 Å². The van der Waals surface area contributed by atoms with Crippen molar-refractivity contribution < 1.29 is 4.79 Å². The molecule has 0 aromatic heterocycles. The van der Waals surface area contributed by atoms with Gasteiger partial charge in [0.2, 0.25) is 0 Å². The van der Waals surface area contributed by atoms with Gasteiger partial charge in [-0.1, -0.05) is 36.9 Å². The second-order valence-corrected chi connectivity index (χ2v) is 4.05. The molecule has 1 aromatic carbocycles. The highest BCUT2D eigenvalue weighted by molar-refractivity contribution is 5.79. The van der Waals surface area contributed by atoms with Gasteiger partial charge in [-0.2, -0.15) is 0 Å². The SMILES string of the molecule is C=C1C=CN(CCCc2ccccc2)C(=O)N1. The average Bonchev–Trinajstić information content (AvgIpc) is 2.33. The summed E-state index contributed by atoms with van der Waals surface area (Å²) in [6.45, 7) is 4.41. The molecule has 0 aliphatic carbocycles. The van der Waals surface area contributed by atoms with Gasteiger partial charge in [-0.25, -0.2) is 4.79 Å². The lowest BCUT2D eigenvalue weighted by Crippen LogP contribution is -2.39. The second kappa shape index (κ2) is 5.34. The maximum Gasteiger partial charge on any atom is 0.325 e. The fraction of sp³-hybridized carbons (Fsp3) is 0.214. The summed E-state index contributed by atoms with van der Waals surface area (Å²) in [7, 11) is 0. The Labute approximate surface area is 101 Å². The van der Waals surface area contributed by atoms with Crippen LogP contribution in [0.3, 0.4) is 0 Å². The summed E-state index contributed by atoms with van der Waals surface area (Å²) in [6, 6.07) is 10.2. The van der Waals surface area contributed by atoms with Crippen molar-refractivity contribution in [3.63, 3.8) is 0 Å². The third kappa shape index (κ3) is 3.21. The largest absolute Gasteiger partial charge is 0.325 e. The number of urea groups is 1. The zero-order valence-corrected chi connectivity index (χ0v) is 9.73. The Morgan fingerprint density at radius 3 is 2.71 bits per heavy atom. The number of amides is 2. The topological polar surface area (TPSA) is 32.3 Å². The molecule has 1 aliphatic heterocycles. The maximum absolute atomic E-state index is 11.5. The lowest BCUT2D eigenvalue weighted by Gasteiger charge is -2.23. The van der Waals surface area contributed by atoms with E-state index >= 15 is 0 Å². The van der Waals surface area contributed by atoms with Gasteiger partial charge in [0.05, 0.1) is 0 Å². The zero-order valence-electron chi connectivity index (χ0n) is 9.73. The van der Waals surface area contributed by atoms with E-state index in [4.69, 9.17) is 0 Å². The van der Waals surface area contributed by atoms with Crippen LogP contribution in [0.25, 0.3) is 0 Å². The molecule has 0 spiro atoms. The Morgan fingerprint density at radius 2 is 2.00 bits per heavy atom. The first kappa shape index (κ1) is 11.5. The van der Waals surface area contributed by atoms with Gasteiger partial charge in [0, 0.05) is 18.4 Å². The molecule has 0 saturated heterocycles. The monoisotopic (exact) mass is 228 g/mol. The van der Waals surface area contributed by atoms with Crippen LogP contribution in [0.15, 0.2) is 54.9 Å². The number of rotatable bonds is 4. The number of allylic oxidation sites excluding steroid dienone is 1. The quantitative estimate of drug-likeness (QED) is 0.844. The molecular weight excluding hydrogens is 212 g/mol. The van der Waals surface area contributed by atoms with Crippen LogP contribution in [0.5, 0.6) is 0 Å². The summed E-state index contributed by atoms with van der Waals surface area (Å²) < 4.78 is 0. The van der Waals surface area contributed by atoms with E-state index in [1.807, 2.05) is 24.3 Å². The van der Waals surface area contributed by atoms with E-state index in [1.54, 1.807) is 11.1 Å². The number of nitrogens with one attached hydrogen (secondary N) is 1. The summed E-state index contributed by atoms with van der Waals surface area (Å²) in [4.78, 5) is 13.2. The third-order valence-corrected chi connectivity index (χ3v) is 2.69. The molecule has 0 saturated carbocycles. The molecule has 3 nitrogen and oxygen atoms in total. The minimum absolute atomic E-state index is 0.0921. The Hall–Kier alpha value is -2.03. The van der Waals surface area contributed by atoms with Crippen molar-refractivity contribution in [3.8, 4) is 0 Å². The number of carbonyl (C=O) groups excluding carboxylic acids is 1. The van der Waals surface area contributed by atoms with Crippen LogP contribution in [-0.4, -0.2) is 17.5 Å². The van der Waals surface area contributed by atoms with Crippen LogP contribution in [0, 0.1) is 0 Å². The first-order chi connectivity index (χ1) is 8.25. The van der Waals surface area contributed by atoms with Gasteiger partial charge in [0.25, 0.3) is 0 Å². The molecule has 2 rings (SSSR count). The van der Waals surface area contributed by atoms with Gasteiger partial charge in [-0.05, 0) is 24.5 Å². The highest BCUT2D eigenvalue weighted by atomic mass is 16.2. The van der Waals surface area contributed by atoms with E-state index in [0.29, 0.717) is 5.70 Å². The van der Waals surface area contributed by atoms with E-state index in [9.17, 15) is 4.79 Å². The number of hydrogen-bond acceptors (Lipinski definition) is 1. The predicted octanol–water partition coefficient (Wildman–Crippen LogP) is 2.67. The molecule has 88 valence electrons. The molecule has 1 aliphatic rings. The average molecular weight is 228 g/mol.